The number of aromatic nitrogens is 1. The first kappa shape index (κ1) is 20.3. The second kappa shape index (κ2) is 9.18. The van der Waals surface area contributed by atoms with Crippen LogP contribution in [-0.2, 0) is 6.42 Å². The van der Waals surface area contributed by atoms with Crippen molar-refractivity contribution in [1.82, 2.24) is 4.98 Å². The molecule has 2 aromatic carbocycles. The number of nitrogens with zero attached hydrogens (tertiary/aromatic N) is 2. The molecular weight excluding hydrogens is 380 g/mol. The minimum absolute atomic E-state index is 0.363. The van der Waals surface area contributed by atoms with Crippen LogP contribution in [0.4, 0.5) is 5.69 Å². The second-order valence-corrected chi connectivity index (χ2v) is 7.91. The second-order valence-electron chi connectivity index (χ2n) is 7.06. The van der Waals surface area contributed by atoms with Gasteiger partial charge in [0.2, 0.25) is 0 Å². The Morgan fingerprint density at radius 1 is 1.24 bits per heavy atom. The van der Waals surface area contributed by atoms with Crippen molar-refractivity contribution in [1.29, 1.82) is 5.26 Å². The number of rotatable bonds is 7. The normalized spacial score (nSPS) is 11.3. The summed E-state index contributed by atoms with van der Waals surface area (Å²) in [7, 11) is 0. The van der Waals surface area contributed by atoms with Crippen LogP contribution in [0.3, 0.4) is 0 Å². The van der Waals surface area contributed by atoms with Gasteiger partial charge in [-0.15, -0.1) is 11.3 Å². The van der Waals surface area contributed by atoms with Gasteiger partial charge in [-0.2, -0.15) is 5.26 Å². The van der Waals surface area contributed by atoms with Gasteiger partial charge >= 0.3 is 0 Å². The Morgan fingerprint density at radius 2 is 1.97 bits per heavy atom. The first-order valence-electron chi connectivity index (χ1n) is 9.28. The lowest BCUT2D eigenvalue weighted by Crippen LogP contribution is -2.13. The number of primary amides is 1. The standard InChI is InChI=1S/C23H22N4OS/c1-15(2)11-16-7-9-17(10-8-16)21-14-29-23(27-21)18(12-24)13-26-20-6-4-3-5-19(20)22(25)28/h3-10,13-15,26H,11H2,1-2H3,(H2,25,28)/b18-13+. The summed E-state index contributed by atoms with van der Waals surface area (Å²) in [4.78, 5) is 16.1. The molecule has 6 heteroatoms. The Labute approximate surface area is 174 Å². The van der Waals surface area contributed by atoms with Crippen LogP contribution in [0.25, 0.3) is 16.8 Å². The van der Waals surface area contributed by atoms with Crippen molar-refractivity contribution in [3.05, 3.63) is 76.2 Å². The molecular formula is C23H22N4OS. The zero-order valence-electron chi connectivity index (χ0n) is 16.3. The molecule has 3 aromatic rings. The number of anilines is 1. The molecule has 0 aliphatic rings. The summed E-state index contributed by atoms with van der Waals surface area (Å²) in [5.41, 5.74) is 9.84. The molecule has 0 unspecified atom stereocenters. The molecule has 3 N–H and O–H groups in total. The number of nitrogens with two attached hydrogens (primary N) is 1. The molecule has 0 atom stereocenters. The Hall–Kier alpha value is -3.43. The molecule has 5 nitrogen and oxygen atoms in total. The van der Waals surface area contributed by atoms with Gasteiger partial charge < -0.3 is 11.1 Å². The number of hydrogen-bond donors (Lipinski definition) is 2. The van der Waals surface area contributed by atoms with E-state index in [9.17, 15) is 10.1 Å². The van der Waals surface area contributed by atoms with Gasteiger partial charge in [0.25, 0.3) is 5.91 Å². The fourth-order valence-corrected chi connectivity index (χ4v) is 3.72. The van der Waals surface area contributed by atoms with Crippen LogP contribution in [0.15, 0.2) is 60.1 Å². The Morgan fingerprint density at radius 3 is 2.62 bits per heavy atom. The van der Waals surface area contributed by atoms with Gasteiger partial charge in [-0.25, -0.2) is 4.98 Å². The van der Waals surface area contributed by atoms with Crippen molar-refractivity contribution in [2.24, 2.45) is 11.7 Å². The molecule has 1 aromatic heterocycles. The van der Waals surface area contributed by atoms with Gasteiger partial charge in [-0.3, -0.25) is 4.79 Å². The fourth-order valence-electron chi connectivity index (χ4n) is 2.93. The number of benzene rings is 2. The number of nitrogens with one attached hydrogen (secondary N) is 1. The Balaban J connectivity index is 1.80. The molecule has 146 valence electrons. The SMILES string of the molecule is CC(C)Cc1ccc(-c2csc(/C(C#N)=C/Nc3ccccc3C(N)=O)n2)cc1. The van der Waals surface area contributed by atoms with E-state index in [4.69, 9.17) is 5.73 Å². The topological polar surface area (TPSA) is 91.8 Å². The van der Waals surface area contributed by atoms with E-state index >= 15 is 0 Å². The number of amides is 1. The van der Waals surface area contributed by atoms with E-state index in [-0.39, 0.29) is 0 Å². The van der Waals surface area contributed by atoms with Gasteiger partial charge in [0.1, 0.15) is 16.6 Å². The van der Waals surface area contributed by atoms with Crippen molar-refractivity contribution in [3.63, 3.8) is 0 Å². The Kier molecular flexibility index (Phi) is 6.43. The summed E-state index contributed by atoms with van der Waals surface area (Å²) in [6.45, 7) is 4.40. The third-order valence-electron chi connectivity index (χ3n) is 4.31. The van der Waals surface area contributed by atoms with Gasteiger partial charge in [-0.1, -0.05) is 50.2 Å². The first-order valence-corrected chi connectivity index (χ1v) is 10.2. The fraction of sp³-hybridized carbons (Fsp3) is 0.174. The van der Waals surface area contributed by atoms with E-state index < -0.39 is 5.91 Å². The van der Waals surface area contributed by atoms with E-state index in [2.05, 4.69) is 54.5 Å². The third kappa shape index (κ3) is 5.09. The molecule has 29 heavy (non-hydrogen) atoms. The summed E-state index contributed by atoms with van der Waals surface area (Å²) in [5, 5.41) is 15.1. The largest absolute Gasteiger partial charge is 0.366 e. The monoisotopic (exact) mass is 402 g/mol. The number of nitriles is 1. The molecule has 1 amide bonds. The summed E-state index contributed by atoms with van der Waals surface area (Å²) < 4.78 is 0. The highest BCUT2D eigenvalue weighted by Gasteiger charge is 2.11. The van der Waals surface area contributed by atoms with Crippen molar-refractivity contribution in [2.75, 3.05) is 5.32 Å². The van der Waals surface area contributed by atoms with Crippen molar-refractivity contribution < 1.29 is 4.79 Å². The highest BCUT2D eigenvalue weighted by Crippen LogP contribution is 2.27. The predicted octanol–water partition coefficient (Wildman–Crippen LogP) is 5.08. The van der Waals surface area contributed by atoms with Crippen LogP contribution >= 0.6 is 11.3 Å². The minimum Gasteiger partial charge on any atom is -0.366 e. The molecule has 0 spiro atoms. The molecule has 0 fully saturated rings. The van der Waals surface area contributed by atoms with Gasteiger partial charge in [0.05, 0.1) is 16.9 Å². The lowest BCUT2D eigenvalue weighted by atomic mass is 10.0. The molecule has 0 bridgehead atoms. The Bertz CT molecular complexity index is 1070. The minimum atomic E-state index is -0.530. The number of carbonyl (C=O) groups excluding carboxylic acids is 1. The summed E-state index contributed by atoms with van der Waals surface area (Å²) >= 11 is 1.40. The number of para-hydroxylation sites is 1. The quantitative estimate of drug-likeness (QED) is 0.539. The van der Waals surface area contributed by atoms with Crippen LogP contribution in [0.2, 0.25) is 0 Å². The van der Waals surface area contributed by atoms with E-state index in [1.165, 1.54) is 16.9 Å². The maximum Gasteiger partial charge on any atom is 0.250 e. The predicted molar refractivity (Wildman–Crippen MR) is 118 cm³/mol. The molecule has 0 radical (unpaired) electrons. The maximum absolute atomic E-state index is 11.5. The van der Waals surface area contributed by atoms with Gasteiger partial charge in [0.15, 0.2) is 0 Å². The molecule has 0 saturated heterocycles. The molecule has 3 rings (SSSR count). The van der Waals surface area contributed by atoms with Crippen LogP contribution in [-0.4, -0.2) is 10.9 Å². The molecule has 0 aliphatic heterocycles. The van der Waals surface area contributed by atoms with E-state index in [0.29, 0.717) is 27.7 Å². The maximum atomic E-state index is 11.5. The van der Waals surface area contributed by atoms with Gasteiger partial charge in [-0.05, 0) is 30.0 Å². The average molecular weight is 403 g/mol. The van der Waals surface area contributed by atoms with E-state index in [1.54, 1.807) is 30.5 Å². The number of carbonyl (C=O) groups is 1. The lowest BCUT2D eigenvalue weighted by molar-refractivity contribution is 0.100. The van der Waals surface area contributed by atoms with Crippen molar-refractivity contribution >= 4 is 28.5 Å². The zero-order valence-corrected chi connectivity index (χ0v) is 17.2. The lowest BCUT2D eigenvalue weighted by Gasteiger charge is -2.06. The highest BCUT2D eigenvalue weighted by atomic mass is 32.1. The van der Waals surface area contributed by atoms with Crippen LogP contribution in [0, 0.1) is 17.2 Å². The van der Waals surface area contributed by atoms with Crippen LogP contribution in [0.5, 0.6) is 0 Å². The van der Waals surface area contributed by atoms with Crippen LogP contribution in [0.1, 0.15) is 34.8 Å². The first-order chi connectivity index (χ1) is 14.0. The smallest absolute Gasteiger partial charge is 0.250 e. The summed E-state index contributed by atoms with van der Waals surface area (Å²) in [6, 6.07) is 17.4. The molecule has 1 heterocycles. The third-order valence-corrected chi connectivity index (χ3v) is 5.19. The van der Waals surface area contributed by atoms with Crippen LogP contribution < -0.4 is 11.1 Å². The van der Waals surface area contributed by atoms with Crippen molar-refractivity contribution in [2.45, 2.75) is 20.3 Å². The summed E-state index contributed by atoms with van der Waals surface area (Å²) in [6.07, 6.45) is 2.60. The molecule has 0 aliphatic carbocycles. The van der Waals surface area contributed by atoms with E-state index in [1.807, 2.05) is 5.38 Å². The van der Waals surface area contributed by atoms with Gasteiger partial charge in [0, 0.05) is 17.1 Å². The number of thiazole rings is 1. The molecule has 0 saturated carbocycles. The number of allylic oxidation sites excluding steroid dienone is 1. The summed E-state index contributed by atoms with van der Waals surface area (Å²) in [5.74, 6) is 0.0831. The highest BCUT2D eigenvalue weighted by molar-refractivity contribution is 7.11. The number of hydrogen-bond acceptors (Lipinski definition) is 5. The van der Waals surface area contributed by atoms with E-state index in [0.717, 1.165) is 17.7 Å². The van der Waals surface area contributed by atoms with Crippen molar-refractivity contribution in [3.8, 4) is 17.3 Å². The average Bonchev–Trinajstić information content (AvgIpc) is 3.19. The zero-order chi connectivity index (χ0) is 20.8.